The van der Waals surface area contributed by atoms with Crippen molar-refractivity contribution in [3.8, 4) is 0 Å². The maximum atomic E-state index is 13.7. The smallest absolute Gasteiger partial charge is 0.274 e. The fourth-order valence-electron chi connectivity index (χ4n) is 1.74. The molecule has 0 bridgehead atoms. The Morgan fingerprint density at radius 3 is 2.57 bits per heavy atom. The van der Waals surface area contributed by atoms with Gasteiger partial charge in [-0.25, -0.2) is 9.37 Å². The molecule has 2 aromatic rings. The normalized spacial score (nSPS) is 10.5. The third kappa shape index (κ3) is 3.64. The van der Waals surface area contributed by atoms with E-state index in [1.54, 1.807) is 6.07 Å². The van der Waals surface area contributed by atoms with Crippen LogP contribution in [0.25, 0.3) is 0 Å². The van der Waals surface area contributed by atoms with Crippen LogP contribution in [0.2, 0.25) is 15.2 Å². The number of rotatable bonds is 3. The highest BCUT2D eigenvalue weighted by atomic mass is 35.5. The monoisotopic (exact) mass is 346 g/mol. The largest absolute Gasteiger partial charge is 0.336 e. The first-order valence-corrected chi connectivity index (χ1v) is 7.04. The number of aromatic nitrogens is 1. The lowest BCUT2D eigenvalue weighted by Gasteiger charge is -2.18. The molecule has 1 amide bonds. The van der Waals surface area contributed by atoms with Crippen LogP contribution >= 0.6 is 34.8 Å². The lowest BCUT2D eigenvalue weighted by Crippen LogP contribution is -2.28. The number of nitrogens with zero attached hydrogens (tertiary/aromatic N) is 2. The summed E-state index contributed by atoms with van der Waals surface area (Å²) in [5, 5.41) is 0.579. The molecule has 0 atom stereocenters. The van der Waals surface area contributed by atoms with Crippen molar-refractivity contribution in [3.63, 3.8) is 0 Å². The van der Waals surface area contributed by atoms with Crippen LogP contribution in [0, 0.1) is 5.82 Å². The molecule has 0 radical (unpaired) electrons. The quantitative estimate of drug-likeness (QED) is 0.768. The zero-order chi connectivity index (χ0) is 15.6. The molecule has 1 aromatic heterocycles. The van der Waals surface area contributed by atoms with E-state index in [9.17, 15) is 9.18 Å². The van der Waals surface area contributed by atoms with E-state index in [2.05, 4.69) is 4.98 Å². The second-order valence-corrected chi connectivity index (χ2v) is 5.53. The SMILES string of the molecule is CN(Cc1c(F)cccc1Cl)C(=O)c1nc(Cl)ccc1Cl. The molecule has 2 rings (SSSR count). The average Bonchev–Trinajstić information content (AvgIpc) is 2.44. The van der Waals surface area contributed by atoms with Crippen molar-refractivity contribution in [2.45, 2.75) is 6.54 Å². The molecule has 21 heavy (non-hydrogen) atoms. The van der Waals surface area contributed by atoms with E-state index in [-0.39, 0.29) is 33.0 Å². The van der Waals surface area contributed by atoms with E-state index in [1.807, 2.05) is 0 Å². The van der Waals surface area contributed by atoms with Gasteiger partial charge in [0.15, 0.2) is 0 Å². The number of carbonyl (C=O) groups is 1. The molecular weight excluding hydrogens is 338 g/mol. The van der Waals surface area contributed by atoms with Crippen molar-refractivity contribution in [1.82, 2.24) is 9.88 Å². The van der Waals surface area contributed by atoms with Crippen LogP contribution in [0.15, 0.2) is 30.3 Å². The number of benzene rings is 1. The van der Waals surface area contributed by atoms with Crippen LogP contribution in [-0.4, -0.2) is 22.8 Å². The van der Waals surface area contributed by atoms with Crippen molar-refractivity contribution in [1.29, 1.82) is 0 Å². The number of halogens is 4. The zero-order valence-corrected chi connectivity index (χ0v) is 13.2. The van der Waals surface area contributed by atoms with Gasteiger partial charge in [0.25, 0.3) is 5.91 Å². The maximum Gasteiger partial charge on any atom is 0.274 e. The van der Waals surface area contributed by atoms with Crippen LogP contribution in [-0.2, 0) is 6.54 Å². The average molecular weight is 348 g/mol. The summed E-state index contributed by atoms with van der Waals surface area (Å²) in [6.07, 6.45) is 0. The summed E-state index contributed by atoms with van der Waals surface area (Å²) in [6, 6.07) is 7.30. The molecule has 3 nitrogen and oxygen atoms in total. The van der Waals surface area contributed by atoms with E-state index in [0.717, 1.165) is 0 Å². The molecule has 0 aliphatic rings. The van der Waals surface area contributed by atoms with Gasteiger partial charge < -0.3 is 4.90 Å². The van der Waals surface area contributed by atoms with Crippen molar-refractivity contribution in [2.75, 3.05) is 7.05 Å². The van der Waals surface area contributed by atoms with Gasteiger partial charge in [-0.3, -0.25) is 4.79 Å². The Balaban J connectivity index is 2.26. The zero-order valence-electron chi connectivity index (χ0n) is 10.9. The van der Waals surface area contributed by atoms with Crippen molar-refractivity contribution < 1.29 is 9.18 Å². The number of carbonyl (C=O) groups excluding carboxylic acids is 1. The second kappa shape index (κ2) is 6.60. The molecule has 0 saturated carbocycles. The van der Waals surface area contributed by atoms with Gasteiger partial charge in [-0.15, -0.1) is 0 Å². The van der Waals surface area contributed by atoms with Gasteiger partial charge in [0.1, 0.15) is 16.7 Å². The third-order valence-corrected chi connectivity index (χ3v) is 3.69. The minimum atomic E-state index is -0.479. The fraction of sp³-hybridized carbons (Fsp3) is 0.143. The highest BCUT2D eigenvalue weighted by Crippen LogP contribution is 2.23. The van der Waals surface area contributed by atoms with E-state index in [4.69, 9.17) is 34.8 Å². The third-order valence-electron chi connectivity index (χ3n) is 2.82. The van der Waals surface area contributed by atoms with Crippen LogP contribution < -0.4 is 0 Å². The minimum absolute atomic E-state index is 0.00510. The number of hydrogen-bond acceptors (Lipinski definition) is 2. The summed E-state index contributed by atoms with van der Waals surface area (Å²) < 4.78 is 13.7. The molecule has 0 spiro atoms. The molecule has 0 N–H and O–H groups in total. The van der Waals surface area contributed by atoms with Gasteiger partial charge in [0.2, 0.25) is 0 Å². The topological polar surface area (TPSA) is 33.2 Å². The second-order valence-electron chi connectivity index (χ2n) is 4.33. The Hall–Kier alpha value is -1.36. The molecule has 0 saturated heterocycles. The molecule has 1 aromatic carbocycles. The Labute approximate surface area is 136 Å². The molecule has 1 heterocycles. The van der Waals surface area contributed by atoms with E-state index >= 15 is 0 Å². The fourth-order valence-corrected chi connectivity index (χ4v) is 2.30. The predicted molar refractivity (Wildman–Crippen MR) is 81.5 cm³/mol. The van der Waals surface area contributed by atoms with Gasteiger partial charge in [0.05, 0.1) is 11.6 Å². The van der Waals surface area contributed by atoms with Gasteiger partial charge in [-0.2, -0.15) is 0 Å². The van der Waals surface area contributed by atoms with Crippen molar-refractivity contribution >= 4 is 40.7 Å². The molecule has 110 valence electrons. The number of pyridine rings is 1. The molecule has 0 fully saturated rings. The first kappa shape index (κ1) is 16.0. The summed E-state index contributed by atoms with van der Waals surface area (Å²) >= 11 is 17.6. The number of amides is 1. The Morgan fingerprint density at radius 1 is 1.19 bits per heavy atom. The highest BCUT2D eigenvalue weighted by Gasteiger charge is 2.19. The minimum Gasteiger partial charge on any atom is -0.336 e. The Kier molecular flexibility index (Phi) is 5.04. The van der Waals surface area contributed by atoms with Crippen LogP contribution in [0.4, 0.5) is 4.39 Å². The highest BCUT2D eigenvalue weighted by molar-refractivity contribution is 6.34. The molecule has 0 unspecified atom stereocenters. The Morgan fingerprint density at radius 2 is 1.90 bits per heavy atom. The van der Waals surface area contributed by atoms with Crippen molar-refractivity contribution in [2.24, 2.45) is 0 Å². The van der Waals surface area contributed by atoms with Crippen molar-refractivity contribution in [3.05, 3.63) is 62.6 Å². The summed E-state index contributed by atoms with van der Waals surface area (Å²) in [7, 11) is 1.50. The molecule has 0 aliphatic carbocycles. The lowest BCUT2D eigenvalue weighted by atomic mass is 10.2. The van der Waals surface area contributed by atoms with E-state index < -0.39 is 11.7 Å². The maximum absolute atomic E-state index is 13.7. The lowest BCUT2D eigenvalue weighted by molar-refractivity contribution is 0.0778. The standard InChI is InChI=1S/C14H10Cl3FN2O/c1-20(7-8-9(15)3-2-4-11(8)18)14(21)13-10(16)5-6-12(17)19-13/h2-6H,7H2,1H3. The first-order chi connectivity index (χ1) is 9.90. The van der Waals surface area contributed by atoms with E-state index in [1.165, 1.54) is 36.2 Å². The summed E-state index contributed by atoms with van der Waals surface area (Å²) in [6.45, 7) is -0.00510. The summed E-state index contributed by atoms with van der Waals surface area (Å²) in [5.74, 6) is -0.950. The molecule has 0 aliphatic heterocycles. The molecule has 7 heteroatoms. The predicted octanol–water partition coefficient (Wildman–Crippen LogP) is 4.45. The van der Waals surface area contributed by atoms with Gasteiger partial charge in [-0.1, -0.05) is 40.9 Å². The molecular formula is C14H10Cl3FN2O. The van der Waals surface area contributed by atoms with Crippen LogP contribution in [0.3, 0.4) is 0 Å². The Bertz CT molecular complexity index is 674. The summed E-state index contributed by atoms with van der Waals surface area (Å²) in [5.41, 5.74) is 0.243. The van der Waals surface area contributed by atoms with Crippen LogP contribution in [0.5, 0.6) is 0 Å². The first-order valence-electron chi connectivity index (χ1n) is 5.90. The van der Waals surface area contributed by atoms with E-state index in [0.29, 0.717) is 0 Å². The van der Waals surface area contributed by atoms with Gasteiger partial charge in [0, 0.05) is 17.6 Å². The van der Waals surface area contributed by atoms with Gasteiger partial charge in [-0.05, 0) is 24.3 Å². The number of hydrogen-bond donors (Lipinski definition) is 0. The summed E-state index contributed by atoms with van der Waals surface area (Å²) in [4.78, 5) is 17.5. The van der Waals surface area contributed by atoms with Gasteiger partial charge >= 0.3 is 0 Å². The van der Waals surface area contributed by atoms with Crippen LogP contribution in [0.1, 0.15) is 16.1 Å².